The Labute approximate surface area is 142 Å². The summed E-state index contributed by atoms with van der Waals surface area (Å²) in [7, 11) is 1.53. The van der Waals surface area contributed by atoms with Crippen LogP contribution in [0.4, 0.5) is 27.6 Å². The number of amides is 1. The molecule has 0 saturated heterocycles. The number of halogens is 5. The summed E-state index contributed by atoms with van der Waals surface area (Å²) in [5.41, 5.74) is -2.91. The molecule has 3 aromatic heterocycles. The zero-order chi connectivity index (χ0) is 19.1. The maximum absolute atomic E-state index is 13.2. The van der Waals surface area contributed by atoms with Crippen LogP contribution in [0.5, 0.6) is 0 Å². The molecule has 0 aromatic carbocycles. The third kappa shape index (κ3) is 3.19. The zero-order valence-electron chi connectivity index (χ0n) is 13.1. The first-order valence-electron chi connectivity index (χ1n) is 7.13. The van der Waals surface area contributed by atoms with Crippen LogP contribution in [0.1, 0.15) is 28.2 Å². The molecule has 6 nitrogen and oxygen atoms in total. The number of nitrogens with one attached hydrogen (secondary N) is 1. The molecule has 0 spiro atoms. The maximum atomic E-state index is 13.2. The Morgan fingerprint density at radius 1 is 1.31 bits per heavy atom. The summed E-state index contributed by atoms with van der Waals surface area (Å²) >= 11 is 0. The molecule has 3 rings (SSSR count). The molecule has 0 aliphatic rings. The van der Waals surface area contributed by atoms with Crippen LogP contribution in [0.25, 0.3) is 11.0 Å². The largest absolute Gasteiger partial charge is 0.418 e. The highest BCUT2D eigenvalue weighted by Crippen LogP contribution is 2.32. The average molecular weight is 371 g/mol. The van der Waals surface area contributed by atoms with E-state index < -0.39 is 41.1 Å². The number of hydrogen-bond donors (Lipinski definition) is 1. The van der Waals surface area contributed by atoms with E-state index in [1.165, 1.54) is 24.0 Å². The molecule has 1 N–H and O–H groups in total. The summed E-state index contributed by atoms with van der Waals surface area (Å²) in [6.07, 6.45) is -5.62. The average Bonchev–Trinajstić information content (AvgIpc) is 2.93. The van der Waals surface area contributed by atoms with Gasteiger partial charge in [0.25, 0.3) is 12.3 Å². The predicted octanol–water partition coefficient (Wildman–Crippen LogP) is 3.57. The number of pyridine rings is 2. The van der Waals surface area contributed by atoms with E-state index in [4.69, 9.17) is 0 Å². The number of nitrogens with zero attached hydrogens (tertiary/aromatic N) is 4. The van der Waals surface area contributed by atoms with E-state index in [-0.39, 0.29) is 5.52 Å². The molecule has 0 aliphatic carbocycles. The molecule has 11 heteroatoms. The van der Waals surface area contributed by atoms with Crippen LogP contribution < -0.4 is 5.32 Å². The highest BCUT2D eigenvalue weighted by Gasteiger charge is 2.36. The van der Waals surface area contributed by atoms with Gasteiger partial charge in [0.05, 0.1) is 23.0 Å². The predicted molar refractivity (Wildman–Crippen MR) is 80.7 cm³/mol. The first-order chi connectivity index (χ1) is 12.2. The molecule has 0 unspecified atom stereocenters. The van der Waals surface area contributed by atoms with E-state index in [1.807, 2.05) is 5.32 Å². The van der Waals surface area contributed by atoms with E-state index in [0.29, 0.717) is 11.6 Å². The summed E-state index contributed by atoms with van der Waals surface area (Å²) in [4.78, 5) is 19.4. The smallest absolute Gasteiger partial charge is 0.319 e. The highest BCUT2D eigenvalue weighted by molar-refractivity contribution is 6.05. The molecular weight excluding hydrogens is 361 g/mol. The first kappa shape index (κ1) is 17.7. The van der Waals surface area contributed by atoms with Gasteiger partial charge in [-0.05, 0) is 18.2 Å². The van der Waals surface area contributed by atoms with Crippen molar-refractivity contribution in [1.82, 2.24) is 19.7 Å². The first-order valence-corrected chi connectivity index (χ1v) is 7.13. The van der Waals surface area contributed by atoms with Crippen LogP contribution in [-0.4, -0.2) is 25.7 Å². The Morgan fingerprint density at radius 3 is 2.69 bits per heavy atom. The van der Waals surface area contributed by atoms with Crippen LogP contribution >= 0.6 is 0 Å². The van der Waals surface area contributed by atoms with Gasteiger partial charge in [-0.1, -0.05) is 0 Å². The maximum Gasteiger partial charge on any atom is 0.418 e. The van der Waals surface area contributed by atoms with E-state index >= 15 is 0 Å². The van der Waals surface area contributed by atoms with Crippen LogP contribution in [0.3, 0.4) is 0 Å². The number of carbonyl (C=O) groups is 1. The number of carbonyl (C=O) groups excluding carboxylic acids is 1. The van der Waals surface area contributed by atoms with Gasteiger partial charge in [-0.2, -0.15) is 18.3 Å². The second kappa shape index (κ2) is 6.32. The topological polar surface area (TPSA) is 72.7 Å². The van der Waals surface area contributed by atoms with Crippen LogP contribution in [0.2, 0.25) is 0 Å². The summed E-state index contributed by atoms with van der Waals surface area (Å²) in [5, 5.41) is 5.90. The van der Waals surface area contributed by atoms with Crippen molar-refractivity contribution < 1.29 is 26.7 Å². The highest BCUT2D eigenvalue weighted by atomic mass is 19.4. The minimum atomic E-state index is -4.82. The second-order valence-corrected chi connectivity index (χ2v) is 5.25. The Hall–Kier alpha value is -3.11. The lowest BCUT2D eigenvalue weighted by molar-refractivity contribution is -0.138. The van der Waals surface area contributed by atoms with Gasteiger partial charge < -0.3 is 5.32 Å². The van der Waals surface area contributed by atoms with E-state index in [9.17, 15) is 26.7 Å². The lowest BCUT2D eigenvalue weighted by Crippen LogP contribution is -2.21. The number of alkyl halides is 5. The number of aromatic nitrogens is 4. The quantitative estimate of drug-likeness (QED) is 0.715. The van der Waals surface area contributed by atoms with Gasteiger partial charge >= 0.3 is 6.18 Å². The van der Waals surface area contributed by atoms with Gasteiger partial charge in [0.1, 0.15) is 16.9 Å². The number of aryl methyl sites for hydroxylation is 1. The molecule has 0 bridgehead atoms. The fourth-order valence-electron chi connectivity index (χ4n) is 2.35. The number of rotatable bonds is 3. The summed E-state index contributed by atoms with van der Waals surface area (Å²) < 4.78 is 66.9. The minimum Gasteiger partial charge on any atom is -0.319 e. The molecule has 1 amide bonds. The normalized spacial score (nSPS) is 12.0. The van der Waals surface area contributed by atoms with Crippen molar-refractivity contribution in [2.45, 2.75) is 12.6 Å². The Balaban J connectivity index is 2.05. The third-order valence-electron chi connectivity index (χ3n) is 3.55. The van der Waals surface area contributed by atoms with Crippen molar-refractivity contribution in [3.05, 3.63) is 47.5 Å². The van der Waals surface area contributed by atoms with E-state index in [0.717, 1.165) is 12.3 Å². The third-order valence-corrected chi connectivity index (χ3v) is 3.55. The monoisotopic (exact) mass is 371 g/mol. The molecule has 26 heavy (non-hydrogen) atoms. The molecule has 0 atom stereocenters. The molecule has 136 valence electrons. The SMILES string of the molecule is Cn1ncc2nc(C(F)F)c(NC(=O)c3ncccc3C(F)(F)F)cc21. The van der Waals surface area contributed by atoms with E-state index in [2.05, 4.69) is 15.1 Å². The van der Waals surface area contributed by atoms with Crippen LogP contribution in [0.15, 0.2) is 30.6 Å². The standard InChI is InChI=1S/C15H10F5N5O/c1-25-10-5-8(12(13(16)17)23-9(10)6-22-25)24-14(26)11-7(15(18,19)20)3-2-4-21-11/h2-6,13H,1H3,(H,24,26). The van der Waals surface area contributed by atoms with Crippen LogP contribution in [-0.2, 0) is 13.2 Å². The van der Waals surface area contributed by atoms with Gasteiger partial charge in [-0.3, -0.25) is 14.5 Å². The molecule has 0 saturated carbocycles. The van der Waals surface area contributed by atoms with Crippen molar-refractivity contribution >= 4 is 22.6 Å². The van der Waals surface area contributed by atoms with Gasteiger partial charge in [-0.15, -0.1) is 0 Å². The number of hydrogen-bond acceptors (Lipinski definition) is 4. The van der Waals surface area contributed by atoms with Gasteiger partial charge in [-0.25, -0.2) is 13.8 Å². The van der Waals surface area contributed by atoms with Crippen molar-refractivity contribution in [1.29, 1.82) is 0 Å². The molecule has 3 heterocycles. The van der Waals surface area contributed by atoms with Gasteiger partial charge in [0, 0.05) is 13.2 Å². The Kier molecular flexibility index (Phi) is 4.30. The second-order valence-electron chi connectivity index (χ2n) is 5.25. The van der Waals surface area contributed by atoms with Crippen molar-refractivity contribution in [3.63, 3.8) is 0 Å². The fourth-order valence-corrected chi connectivity index (χ4v) is 2.35. The zero-order valence-corrected chi connectivity index (χ0v) is 13.1. The molecule has 0 aliphatic heterocycles. The lowest BCUT2D eigenvalue weighted by Gasteiger charge is -2.13. The fraction of sp³-hybridized carbons (Fsp3) is 0.200. The summed E-state index contributed by atoms with van der Waals surface area (Å²) in [6.45, 7) is 0. The van der Waals surface area contributed by atoms with Crippen molar-refractivity contribution in [2.24, 2.45) is 7.05 Å². The summed E-state index contributed by atoms with van der Waals surface area (Å²) in [6, 6.07) is 2.87. The molecular formula is C15H10F5N5O. The minimum absolute atomic E-state index is 0.162. The van der Waals surface area contributed by atoms with Crippen LogP contribution in [0, 0.1) is 0 Å². The van der Waals surface area contributed by atoms with Gasteiger partial charge in [0.15, 0.2) is 0 Å². The Morgan fingerprint density at radius 2 is 2.04 bits per heavy atom. The van der Waals surface area contributed by atoms with Gasteiger partial charge in [0.2, 0.25) is 0 Å². The molecule has 0 radical (unpaired) electrons. The van der Waals surface area contributed by atoms with E-state index in [1.54, 1.807) is 0 Å². The number of fused-ring (bicyclic) bond motifs is 1. The molecule has 0 fully saturated rings. The Bertz CT molecular complexity index is 982. The molecule has 3 aromatic rings. The van der Waals surface area contributed by atoms with Crippen molar-refractivity contribution in [2.75, 3.05) is 5.32 Å². The van der Waals surface area contributed by atoms with Crippen molar-refractivity contribution in [3.8, 4) is 0 Å². The summed E-state index contributed by atoms with van der Waals surface area (Å²) in [5.74, 6) is -1.27. The lowest BCUT2D eigenvalue weighted by atomic mass is 10.1. The number of anilines is 1.